The van der Waals surface area contributed by atoms with Crippen molar-refractivity contribution in [2.24, 2.45) is 5.41 Å². The van der Waals surface area contributed by atoms with Crippen molar-refractivity contribution < 1.29 is 14.3 Å². The number of benzene rings is 2. The second-order valence-corrected chi connectivity index (χ2v) is 6.70. The number of hydrogen-bond donors (Lipinski definition) is 2. The smallest absolute Gasteiger partial charge is 0.407 e. The van der Waals surface area contributed by atoms with E-state index in [1.54, 1.807) is 0 Å². The normalized spacial score (nSPS) is 23.1. The molecule has 1 heterocycles. The molecule has 1 spiro atoms. The number of ether oxygens (including phenoxy) is 1. The minimum Gasteiger partial charge on any atom is -0.445 e. The molecule has 128 valence electrons. The van der Waals surface area contributed by atoms with E-state index in [0.29, 0.717) is 0 Å². The van der Waals surface area contributed by atoms with Crippen LogP contribution in [0.5, 0.6) is 0 Å². The van der Waals surface area contributed by atoms with Crippen molar-refractivity contribution in [3.63, 3.8) is 0 Å². The van der Waals surface area contributed by atoms with Crippen LogP contribution in [-0.2, 0) is 16.1 Å². The molecule has 0 bridgehead atoms. The fourth-order valence-electron chi connectivity index (χ4n) is 3.55. The molecule has 1 saturated carbocycles. The van der Waals surface area contributed by atoms with Crippen LogP contribution in [-0.4, -0.2) is 18.0 Å². The highest BCUT2D eigenvalue weighted by atomic mass is 16.5. The van der Waals surface area contributed by atoms with E-state index in [2.05, 4.69) is 10.6 Å². The maximum Gasteiger partial charge on any atom is 0.407 e. The van der Waals surface area contributed by atoms with Crippen LogP contribution >= 0.6 is 0 Å². The molecule has 4 rings (SSSR count). The van der Waals surface area contributed by atoms with Gasteiger partial charge in [-0.05, 0) is 24.0 Å². The summed E-state index contributed by atoms with van der Waals surface area (Å²) in [6.07, 6.45) is 1.11. The van der Waals surface area contributed by atoms with Gasteiger partial charge in [0.1, 0.15) is 6.61 Å². The first-order chi connectivity index (χ1) is 12.2. The lowest BCUT2D eigenvalue weighted by atomic mass is 9.91. The zero-order chi connectivity index (χ0) is 17.3. The standard InChI is InChI=1S/C20H20N2O3/c23-18-20(11-12-20)17(16(21-18)15-9-5-2-6-10-15)22-19(24)25-13-14-7-3-1-4-8-14/h1-10,16-17H,11-13H2,(H,21,23)(H,22,24)/t16-,17-/m1/s1. The van der Waals surface area contributed by atoms with Gasteiger partial charge < -0.3 is 15.4 Å². The van der Waals surface area contributed by atoms with Gasteiger partial charge in [-0.3, -0.25) is 4.79 Å². The molecule has 25 heavy (non-hydrogen) atoms. The van der Waals surface area contributed by atoms with Gasteiger partial charge in [-0.25, -0.2) is 4.79 Å². The van der Waals surface area contributed by atoms with Crippen molar-refractivity contribution in [2.45, 2.75) is 31.5 Å². The van der Waals surface area contributed by atoms with Crippen LogP contribution in [0.3, 0.4) is 0 Å². The monoisotopic (exact) mass is 336 g/mol. The van der Waals surface area contributed by atoms with Crippen molar-refractivity contribution in [1.29, 1.82) is 0 Å². The Hall–Kier alpha value is -2.82. The highest BCUT2D eigenvalue weighted by Gasteiger charge is 2.63. The lowest BCUT2D eigenvalue weighted by Gasteiger charge is -2.23. The van der Waals surface area contributed by atoms with Gasteiger partial charge in [-0.15, -0.1) is 0 Å². The zero-order valence-electron chi connectivity index (χ0n) is 13.8. The van der Waals surface area contributed by atoms with Crippen molar-refractivity contribution in [3.8, 4) is 0 Å². The number of alkyl carbamates (subject to hydrolysis) is 1. The van der Waals surface area contributed by atoms with Crippen LogP contribution in [0, 0.1) is 5.41 Å². The molecule has 2 aromatic carbocycles. The van der Waals surface area contributed by atoms with Crippen molar-refractivity contribution in [1.82, 2.24) is 10.6 Å². The van der Waals surface area contributed by atoms with E-state index in [1.807, 2.05) is 60.7 Å². The molecule has 1 saturated heterocycles. The molecular formula is C20H20N2O3. The summed E-state index contributed by atoms with van der Waals surface area (Å²) in [6, 6.07) is 18.8. The SMILES string of the molecule is O=C(N[C@@H]1[C@@H](c2ccccc2)NC(=O)C12CC2)OCc1ccccc1. The van der Waals surface area contributed by atoms with E-state index >= 15 is 0 Å². The third-order valence-electron chi connectivity index (χ3n) is 5.10. The Morgan fingerprint density at radius 3 is 2.36 bits per heavy atom. The van der Waals surface area contributed by atoms with Crippen LogP contribution in [0.25, 0.3) is 0 Å². The maximum atomic E-state index is 12.4. The molecule has 0 radical (unpaired) electrons. The predicted octanol–water partition coefficient (Wildman–Crippen LogP) is 2.93. The summed E-state index contributed by atoms with van der Waals surface area (Å²) in [7, 11) is 0. The Balaban J connectivity index is 1.47. The topological polar surface area (TPSA) is 67.4 Å². The van der Waals surface area contributed by atoms with Gasteiger partial charge in [0.25, 0.3) is 0 Å². The zero-order valence-corrected chi connectivity index (χ0v) is 13.8. The van der Waals surface area contributed by atoms with Gasteiger partial charge in [-0.1, -0.05) is 60.7 Å². The summed E-state index contributed by atoms with van der Waals surface area (Å²) in [6.45, 7) is 0.212. The first-order valence-electron chi connectivity index (χ1n) is 8.52. The number of amides is 2. The first-order valence-corrected chi connectivity index (χ1v) is 8.52. The fourth-order valence-corrected chi connectivity index (χ4v) is 3.55. The number of nitrogens with one attached hydrogen (secondary N) is 2. The van der Waals surface area contributed by atoms with Gasteiger partial charge in [0.05, 0.1) is 17.5 Å². The Labute approximate surface area is 146 Å². The second-order valence-electron chi connectivity index (χ2n) is 6.70. The molecule has 2 fully saturated rings. The summed E-state index contributed by atoms with van der Waals surface area (Å²) < 4.78 is 5.34. The van der Waals surface area contributed by atoms with E-state index in [1.165, 1.54) is 0 Å². The van der Waals surface area contributed by atoms with Gasteiger partial charge in [0, 0.05) is 0 Å². The van der Waals surface area contributed by atoms with E-state index in [-0.39, 0.29) is 24.6 Å². The Kier molecular flexibility index (Phi) is 3.92. The molecular weight excluding hydrogens is 316 g/mol. The molecule has 2 amide bonds. The Morgan fingerprint density at radius 2 is 1.72 bits per heavy atom. The molecule has 1 aliphatic heterocycles. The van der Waals surface area contributed by atoms with Crippen LogP contribution in [0.15, 0.2) is 60.7 Å². The molecule has 5 nitrogen and oxygen atoms in total. The molecule has 2 aliphatic rings. The first kappa shape index (κ1) is 15.7. The van der Waals surface area contributed by atoms with E-state index in [4.69, 9.17) is 4.74 Å². The van der Waals surface area contributed by atoms with Gasteiger partial charge in [-0.2, -0.15) is 0 Å². The molecule has 0 aromatic heterocycles. The van der Waals surface area contributed by atoms with Gasteiger partial charge >= 0.3 is 6.09 Å². The van der Waals surface area contributed by atoms with Crippen molar-refractivity contribution >= 4 is 12.0 Å². The molecule has 5 heteroatoms. The van der Waals surface area contributed by atoms with Crippen LogP contribution in [0.1, 0.15) is 30.0 Å². The third-order valence-corrected chi connectivity index (χ3v) is 5.10. The predicted molar refractivity (Wildman–Crippen MR) is 92.5 cm³/mol. The summed E-state index contributed by atoms with van der Waals surface area (Å²) in [5.41, 5.74) is 1.44. The minimum absolute atomic E-state index is 0.0229. The third kappa shape index (κ3) is 2.97. The Bertz CT molecular complexity index is 772. The molecule has 2 N–H and O–H groups in total. The van der Waals surface area contributed by atoms with Gasteiger partial charge in [0.15, 0.2) is 0 Å². The second kappa shape index (κ2) is 6.24. The lowest BCUT2D eigenvalue weighted by molar-refractivity contribution is -0.123. The van der Waals surface area contributed by atoms with Crippen molar-refractivity contribution in [2.75, 3.05) is 0 Å². The average molecular weight is 336 g/mol. The molecule has 1 aliphatic carbocycles. The number of carbonyl (C=O) groups is 2. The quantitative estimate of drug-likeness (QED) is 0.902. The number of hydrogen-bond acceptors (Lipinski definition) is 3. The highest BCUT2D eigenvalue weighted by Crippen LogP contribution is 2.55. The lowest BCUT2D eigenvalue weighted by Crippen LogP contribution is -2.43. The number of carbonyl (C=O) groups excluding carboxylic acids is 2. The van der Waals surface area contributed by atoms with Gasteiger partial charge in [0.2, 0.25) is 5.91 Å². The number of rotatable bonds is 4. The largest absolute Gasteiger partial charge is 0.445 e. The molecule has 2 aromatic rings. The van der Waals surface area contributed by atoms with E-state index in [0.717, 1.165) is 24.0 Å². The summed E-state index contributed by atoms with van der Waals surface area (Å²) in [5.74, 6) is 0.0229. The minimum atomic E-state index is -0.488. The highest BCUT2D eigenvalue weighted by molar-refractivity contribution is 5.90. The summed E-state index contributed by atoms with van der Waals surface area (Å²) in [5, 5.41) is 5.98. The van der Waals surface area contributed by atoms with E-state index < -0.39 is 11.5 Å². The summed E-state index contributed by atoms with van der Waals surface area (Å²) >= 11 is 0. The van der Waals surface area contributed by atoms with E-state index in [9.17, 15) is 9.59 Å². The maximum absolute atomic E-state index is 12.4. The summed E-state index contributed by atoms with van der Waals surface area (Å²) in [4.78, 5) is 24.7. The average Bonchev–Trinajstić information content (AvgIpc) is 3.41. The molecule has 2 atom stereocenters. The van der Waals surface area contributed by atoms with Crippen LogP contribution in [0.2, 0.25) is 0 Å². The molecule has 0 unspecified atom stereocenters. The Morgan fingerprint density at radius 1 is 1.08 bits per heavy atom. The fraction of sp³-hybridized carbons (Fsp3) is 0.300. The van der Waals surface area contributed by atoms with Crippen LogP contribution in [0.4, 0.5) is 4.79 Å². The van der Waals surface area contributed by atoms with Crippen molar-refractivity contribution in [3.05, 3.63) is 71.8 Å². The van der Waals surface area contributed by atoms with Crippen LogP contribution < -0.4 is 10.6 Å².